The Morgan fingerprint density at radius 2 is 0.973 bits per heavy atom. The van der Waals surface area contributed by atoms with Gasteiger partial charge in [-0.25, -0.2) is 0 Å². The van der Waals surface area contributed by atoms with Gasteiger partial charge in [-0.15, -0.1) is 0 Å². The van der Waals surface area contributed by atoms with Crippen LogP contribution in [0.2, 0.25) is 0 Å². The van der Waals surface area contributed by atoms with E-state index < -0.39 is 35.7 Å². The van der Waals surface area contributed by atoms with Crippen molar-refractivity contribution in [3.63, 3.8) is 0 Å². The van der Waals surface area contributed by atoms with E-state index in [-0.39, 0.29) is 12.8 Å². The van der Waals surface area contributed by atoms with Gasteiger partial charge in [0.1, 0.15) is 0 Å². The maximum atomic E-state index is 11.0. The molecule has 1 fully saturated rings. The first-order valence-electron chi connectivity index (χ1n) is 14.5. The van der Waals surface area contributed by atoms with E-state index in [1.54, 1.807) is 0 Å². The molecule has 37 heavy (non-hydrogen) atoms. The van der Waals surface area contributed by atoms with Crippen LogP contribution in [-0.2, 0) is 19.2 Å². The molecular formula is C29H50O8. The average molecular weight is 527 g/mol. The first-order chi connectivity index (χ1) is 17.6. The Kier molecular flexibility index (Phi) is 16.2. The van der Waals surface area contributed by atoms with Crippen molar-refractivity contribution in [2.45, 2.75) is 123 Å². The fourth-order valence-corrected chi connectivity index (χ4v) is 6.47. The smallest absolute Gasteiger partial charge is 0.317 e. The third-order valence-corrected chi connectivity index (χ3v) is 8.47. The van der Waals surface area contributed by atoms with Gasteiger partial charge in [-0.3, -0.25) is 19.2 Å². The fraction of sp³-hybridized carbons (Fsp3) is 0.862. The summed E-state index contributed by atoms with van der Waals surface area (Å²) < 4.78 is 0. The molecule has 1 saturated carbocycles. The molecule has 0 saturated heterocycles. The quantitative estimate of drug-likeness (QED) is 0.0898. The molecule has 1 rings (SSSR count). The number of hydrogen-bond donors (Lipinski definition) is 4. The van der Waals surface area contributed by atoms with Crippen LogP contribution in [0.5, 0.6) is 0 Å². The number of aliphatic carboxylic acids is 4. The zero-order valence-corrected chi connectivity index (χ0v) is 22.9. The highest BCUT2D eigenvalue weighted by atomic mass is 16.4. The van der Waals surface area contributed by atoms with Gasteiger partial charge < -0.3 is 20.4 Å². The standard InChI is InChI=1S/C29H50O8/c1-3-14-21-19-20(2)22(15-10-6-4-8-12-17-24(26(30)31)27(32)33)23(21)16-11-7-5-9-13-18-25(28(34)35)29(36)37/h20-25H,3-19H2,1-2H3,(H,30,31)(H,32,33)(H,34,35)(H,36,37). The normalized spacial score (nSPS) is 21.5. The van der Waals surface area contributed by atoms with Crippen LogP contribution in [0.3, 0.4) is 0 Å². The Hall–Kier alpha value is -2.12. The molecule has 1 aliphatic carbocycles. The van der Waals surface area contributed by atoms with Gasteiger partial charge in [0.05, 0.1) is 0 Å². The summed E-state index contributed by atoms with van der Waals surface area (Å²) in [6.45, 7) is 4.66. The monoisotopic (exact) mass is 526 g/mol. The van der Waals surface area contributed by atoms with Crippen LogP contribution in [0.1, 0.15) is 123 Å². The number of rotatable bonds is 22. The van der Waals surface area contributed by atoms with Gasteiger partial charge in [0, 0.05) is 0 Å². The van der Waals surface area contributed by atoms with Gasteiger partial charge in [-0.2, -0.15) is 0 Å². The Bertz CT molecular complexity index is 678. The zero-order chi connectivity index (χ0) is 27.8. The molecule has 0 spiro atoms. The molecule has 0 aliphatic heterocycles. The molecule has 4 N–H and O–H groups in total. The Morgan fingerprint density at radius 3 is 1.38 bits per heavy atom. The summed E-state index contributed by atoms with van der Waals surface area (Å²) in [4.78, 5) is 43.9. The van der Waals surface area contributed by atoms with Crippen molar-refractivity contribution >= 4 is 23.9 Å². The molecule has 8 nitrogen and oxygen atoms in total. The first kappa shape index (κ1) is 32.9. The number of unbranched alkanes of at least 4 members (excludes halogenated alkanes) is 8. The molecule has 0 aromatic rings. The van der Waals surface area contributed by atoms with Crippen LogP contribution in [0, 0.1) is 35.5 Å². The highest BCUT2D eigenvalue weighted by molar-refractivity contribution is 5.93. The van der Waals surface area contributed by atoms with E-state index in [1.807, 2.05) is 0 Å². The average Bonchev–Trinajstić information content (AvgIpc) is 3.10. The van der Waals surface area contributed by atoms with E-state index in [2.05, 4.69) is 13.8 Å². The zero-order valence-electron chi connectivity index (χ0n) is 22.9. The summed E-state index contributed by atoms with van der Waals surface area (Å²) in [5.74, 6) is -4.55. The first-order valence-corrected chi connectivity index (χ1v) is 14.5. The number of carboxylic acids is 4. The van der Waals surface area contributed by atoms with Crippen molar-refractivity contribution in [2.75, 3.05) is 0 Å². The molecule has 214 valence electrons. The summed E-state index contributed by atoms with van der Waals surface area (Å²) in [7, 11) is 0. The molecule has 0 radical (unpaired) electrons. The highest BCUT2D eigenvalue weighted by Crippen LogP contribution is 2.48. The van der Waals surface area contributed by atoms with Crippen LogP contribution in [0.25, 0.3) is 0 Å². The SMILES string of the molecule is CCCC1CC(C)C(CCCCCCCC(C(=O)O)C(=O)O)C1CCCCCCCC(C(=O)O)C(=O)O. The molecule has 0 aromatic heterocycles. The van der Waals surface area contributed by atoms with Gasteiger partial charge in [0.25, 0.3) is 0 Å². The van der Waals surface area contributed by atoms with Gasteiger partial charge >= 0.3 is 23.9 Å². The summed E-state index contributed by atoms with van der Waals surface area (Å²) in [5, 5.41) is 35.9. The van der Waals surface area contributed by atoms with E-state index in [0.717, 1.165) is 62.2 Å². The van der Waals surface area contributed by atoms with Crippen LogP contribution in [0.4, 0.5) is 0 Å². The second-order valence-corrected chi connectivity index (χ2v) is 11.2. The van der Waals surface area contributed by atoms with Crippen molar-refractivity contribution in [3.8, 4) is 0 Å². The third kappa shape index (κ3) is 12.3. The van der Waals surface area contributed by atoms with E-state index in [0.29, 0.717) is 12.8 Å². The molecule has 0 bridgehead atoms. The minimum Gasteiger partial charge on any atom is -0.481 e. The summed E-state index contributed by atoms with van der Waals surface area (Å²) in [6, 6.07) is 0. The number of hydrogen-bond acceptors (Lipinski definition) is 4. The largest absolute Gasteiger partial charge is 0.481 e. The molecular weight excluding hydrogens is 476 g/mol. The second-order valence-electron chi connectivity index (χ2n) is 11.2. The number of carboxylic acid groups (broad SMARTS) is 4. The predicted octanol–water partition coefficient (Wildman–Crippen LogP) is 6.71. The minimum atomic E-state index is -1.29. The lowest BCUT2D eigenvalue weighted by molar-refractivity contribution is -0.156. The lowest BCUT2D eigenvalue weighted by Gasteiger charge is -2.26. The van der Waals surface area contributed by atoms with Crippen molar-refractivity contribution in [3.05, 3.63) is 0 Å². The Labute approximate surface area is 222 Å². The maximum Gasteiger partial charge on any atom is 0.317 e. The van der Waals surface area contributed by atoms with Crippen molar-refractivity contribution in [1.82, 2.24) is 0 Å². The van der Waals surface area contributed by atoms with Crippen molar-refractivity contribution in [2.24, 2.45) is 35.5 Å². The molecule has 8 heteroatoms. The van der Waals surface area contributed by atoms with E-state index >= 15 is 0 Å². The van der Waals surface area contributed by atoms with Gasteiger partial charge in [0.2, 0.25) is 0 Å². The maximum absolute atomic E-state index is 11.0. The van der Waals surface area contributed by atoms with Gasteiger partial charge in [0.15, 0.2) is 11.8 Å². The molecule has 0 heterocycles. The number of carbonyl (C=O) groups is 4. The van der Waals surface area contributed by atoms with Crippen LogP contribution < -0.4 is 0 Å². The van der Waals surface area contributed by atoms with Crippen LogP contribution >= 0.6 is 0 Å². The van der Waals surface area contributed by atoms with Crippen molar-refractivity contribution in [1.29, 1.82) is 0 Å². The summed E-state index contributed by atoms with van der Waals surface area (Å²) >= 11 is 0. The molecule has 1 aliphatic rings. The summed E-state index contributed by atoms with van der Waals surface area (Å²) in [6.07, 6.45) is 16.3. The third-order valence-electron chi connectivity index (χ3n) is 8.47. The molecule has 4 unspecified atom stereocenters. The Morgan fingerprint density at radius 1 is 0.595 bits per heavy atom. The van der Waals surface area contributed by atoms with Crippen LogP contribution in [-0.4, -0.2) is 44.3 Å². The van der Waals surface area contributed by atoms with Crippen molar-refractivity contribution < 1.29 is 39.6 Å². The highest BCUT2D eigenvalue weighted by Gasteiger charge is 2.39. The fourth-order valence-electron chi connectivity index (χ4n) is 6.47. The van der Waals surface area contributed by atoms with Crippen LogP contribution in [0.15, 0.2) is 0 Å². The van der Waals surface area contributed by atoms with Gasteiger partial charge in [-0.1, -0.05) is 90.9 Å². The molecule has 0 amide bonds. The minimum absolute atomic E-state index is 0.199. The van der Waals surface area contributed by atoms with E-state index in [4.69, 9.17) is 20.4 Å². The van der Waals surface area contributed by atoms with E-state index in [1.165, 1.54) is 44.9 Å². The molecule has 4 atom stereocenters. The second kappa shape index (κ2) is 18.2. The van der Waals surface area contributed by atoms with Gasteiger partial charge in [-0.05, 0) is 55.8 Å². The Balaban J connectivity index is 2.34. The lowest BCUT2D eigenvalue weighted by atomic mass is 9.79. The summed E-state index contributed by atoms with van der Waals surface area (Å²) in [5.41, 5.74) is 0. The molecule has 0 aromatic carbocycles. The predicted molar refractivity (Wildman–Crippen MR) is 141 cm³/mol. The topological polar surface area (TPSA) is 149 Å². The van der Waals surface area contributed by atoms with E-state index in [9.17, 15) is 19.2 Å². The lowest BCUT2D eigenvalue weighted by Crippen LogP contribution is -2.23.